The van der Waals surface area contributed by atoms with Crippen LogP contribution in [0.1, 0.15) is 0 Å². The normalized spacial score (nSPS) is 10.9. The molecule has 157 valence electrons. The molecule has 0 spiro atoms. The highest BCUT2D eigenvalue weighted by Gasteiger charge is 2.21. The van der Waals surface area contributed by atoms with Crippen LogP contribution in [0.3, 0.4) is 0 Å². The largest absolute Gasteiger partial charge is 0.497 e. The van der Waals surface area contributed by atoms with Crippen LogP contribution in [0.5, 0.6) is 5.75 Å². The highest BCUT2D eigenvalue weighted by molar-refractivity contribution is 5.75. The van der Waals surface area contributed by atoms with Crippen LogP contribution in [0, 0.1) is 6.33 Å². The third-order valence-electron chi connectivity index (χ3n) is 5.29. The Balaban J connectivity index is 1.77. The van der Waals surface area contributed by atoms with Crippen LogP contribution in [-0.2, 0) is 0 Å². The van der Waals surface area contributed by atoms with E-state index in [2.05, 4.69) is 11.3 Å². The van der Waals surface area contributed by atoms with Crippen molar-refractivity contribution < 1.29 is 4.74 Å². The van der Waals surface area contributed by atoms with E-state index in [4.69, 9.17) is 9.72 Å². The first kappa shape index (κ1) is 19.6. The highest BCUT2D eigenvalue weighted by atomic mass is 16.5. The van der Waals surface area contributed by atoms with Gasteiger partial charge in [-0.15, -0.1) is 0 Å². The SMILES string of the molecule is COc1ccc(-n2[c]nc3c(=O)n(-c4ccccc4)c(N(C)c4ccccc4)nc32)cc1. The van der Waals surface area contributed by atoms with Crippen LogP contribution in [0.25, 0.3) is 22.5 Å². The Morgan fingerprint density at radius 2 is 1.53 bits per heavy atom. The van der Waals surface area contributed by atoms with E-state index < -0.39 is 0 Å². The Bertz CT molecular complexity index is 1420. The third-order valence-corrected chi connectivity index (χ3v) is 5.29. The fourth-order valence-corrected chi connectivity index (χ4v) is 3.60. The van der Waals surface area contributed by atoms with Gasteiger partial charge in [0.1, 0.15) is 5.75 Å². The zero-order valence-electron chi connectivity index (χ0n) is 17.6. The van der Waals surface area contributed by atoms with E-state index in [1.807, 2.05) is 96.9 Å². The number of fused-ring (bicyclic) bond motifs is 1. The Morgan fingerprint density at radius 3 is 2.19 bits per heavy atom. The molecular weight excluding hydrogens is 402 g/mol. The van der Waals surface area contributed by atoms with Crippen LogP contribution in [0.2, 0.25) is 0 Å². The second-order valence-electron chi connectivity index (χ2n) is 7.20. The average Bonchev–Trinajstić information content (AvgIpc) is 3.29. The topological polar surface area (TPSA) is 65.2 Å². The lowest BCUT2D eigenvalue weighted by Crippen LogP contribution is -2.27. The van der Waals surface area contributed by atoms with Crippen molar-refractivity contribution in [2.45, 2.75) is 0 Å². The minimum Gasteiger partial charge on any atom is -0.497 e. The number of imidazole rings is 1. The molecule has 3 aromatic carbocycles. The van der Waals surface area contributed by atoms with Crippen LogP contribution in [-0.4, -0.2) is 33.3 Å². The number of nitrogens with zero attached hydrogens (tertiary/aromatic N) is 5. The lowest BCUT2D eigenvalue weighted by Gasteiger charge is -2.22. The van der Waals surface area contributed by atoms with Gasteiger partial charge >= 0.3 is 0 Å². The molecule has 0 amide bonds. The number of ether oxygens (including phenoxy) is 1. The molecule has 0 saturated carbocycles. The first-order valence-electron chi connectivity index (χ1n) is 10.1. The van der Waals surface area contributed by atoms with Crippen LogP contribution in [0.4, 0.5) is 11.6 Å². The summed E-state index contributed by atoms with van der Waals surface area (Å²) >= 11 is 0. The Labute approximate surface area is 184 Å². The van der Waals surface area contributed by atoms with Gasteiger partial charge in [-0.1, -0.05) is 36.4 Å². The van der Waals surface area contributed by atoms with Gasteiger partial charge in [-0.25, -0.2) is 9.55 Å². The summed E-state index contributed by atoms with van der Waals surface area (Å²) in [4.78, 5) is 24.7. The molecule has 2 aromatic heterocycles. The fourth-order valence-electron chi connectivity index (χ4n) is 3.60. The molecule has 7 heteroatoms. The fraction of sp³-hybridized carbons (Fsp3) is 0.0800. The lowest BCUT2D eigenvalue weighted by atomic mass is 10.3. The maximum Gasteiger partial charge on any atom is 0.287 e. The van der Waals surface area contributed by atoms with Gasteiger partial charge in [-0.05, 0) is 48.5 Å². The molecule has 0 aliphatic rings. The summed E-state index contributed by atoms with van der Waals surface area (Å²) in [6.07, 6.45) is 2.92. The number of methoxy groups -OCH3 is 1. The minimum absolute atomic E-state index is 0.245. The quantitative estimate of drug-likeness (QED) is 0.426. The van der Waals surface area contributed by atoms with Crippen LogP contribution >= 0.6 is 0 Å². The van der Waals surface area contributed by atoms with Gasteiger partial charge in [0.05, 0.1) is 12.8 Å². The smallest absolute Gasteiger partial charge is 0.287 e. The van der Waals surface area contributed by atoms with Crippen molar-refractivity contribution >= 4 is 22.8 Å². The van der Waals surface area contributed by atoms with Crippen molar-refractivity contribution in [3.8, 4) is 17.1 Å². The van der Waals surface area contributed by atoms with Crippen LogP contribution < -0.4 is 15.2 Å². The van der Waals surface area contributed by atoms with Gasteiger partial charge in [-0.2, -0.15) is 4.98 Å². The summed E-state index contributed by atoms with van der Waals surface area (Å²) in [6, 6.07) is 26.7. The summed E-state index contributed by atoms with van der Waals surface area (Å²) in [5.41, 5.74) is 2.82. The van der Waals surface area contributed by atoms with Gasteiger partial charge in [0.15, 0.2) is 17.5 Å². The zero-order chi connectivity index (χ0) is 22.1. The average molecular weight is 422 g/mol. The predicted octanol–water partition coefficient (Wildman–Crippen LogP) is 4.15. The highest BCUT2D eigenvalue weighted by Crippen LogP contribution is 2.26. The van der Waals surface area contributed by atoms with E-state index in [0.717, 1.165) is 17.1 Å². The van der Waals surface area contributed by atoms with Crippen molar-refractivity contribution in [3.63, 3.8) is 0 Å². The molecule has 0 aliphatic carbocycles. The first-order chi connectivity index (χ1) is 15.7. The second-order valence-corrected chi connectivity index (χ2v) is 7.20. The molecule has 0 unspecified atom stereocenters. The number of aromatic nitrogens is 4. The predicted molar refractivity (Wildman–Crippen MR) is 124 cm³/mol. The number of para-hydroxylation sites is 2. The van der Waals surface area contributed by atoms with Crippen molar-refractivity contribution in [2.75, 3.05) is 19.1 Å². The number of rotatable bonds is 5. The Hall–Kier alpha value is -4.39. The van der Waals surface area contributed by atoms with Gasteiger partial charge in [-0.3, -0.25) is 9.36 Å². The molecule has 0 bridgehead atoms. The summed E-state index contributed by atoms with van der Waals surface area (Å²) in [6.45, 7) is 0. The number of anilines is 2. The van der Waals surface area contributed by atoms with Gasteiger partial charge in [0.2, 0.25) is 5.95 Å². The number of hydrogen-bond acceptors (Lipinski definition) is 5. The molecular formula is C25H20N5O2. The standard InChI is InChI=1S/C25H20N5O2/c1-28(18-9-5-3-6-10-18)25-27-23-22(24(31)30(25)20-11-7-4-8-12-20)26-17-29(23)19-13-15-21(32-2)16-14-19/h3-16H,1-2H3. The van der Waals surface area contributed by atoms with E-state index in [1.165, 1.54) is 0 Å². The minimum atomic E-state index is -0.262. The maximum absolute atomic E-state index is 13.6. The summed E-state index contributed by atoms with van der Waals surface area (Å²) in [5, 5.41) is 0. The third kappa shape index (κ3) is 3.30. The summed E-state index contributed by atoms with van der Waals surface area (Å²) < 4.78 is 8.51. The molecule has 7 nitrogen and oxygen atoms in total. The van der Waals surface area contributed by atoms with Gasteiger partial charge < -0.3 is 9.64 Å². The van der Waals surface area contributed by atoms with E-state index >= 15 is 0 Å². The number of benzene rings is 3. The second kappa shape index (κ2) is 8.03. The summed E-state index contributed by atoms with van der Waals surface area (Å²) in [7, 11) is 3.51. The molecule has 5 rings (SSSR count). The molecule has 5 aromatic rings. The Kier molecular flexibility index (Phi) is 4.91. The van der Waals surface area contributed by atoms with E-state index in [9.17, 15) is 4.79 Å². The monoisotopic (exact) mass is 422 g/mol. The van der Waals surface area contributed by atoms with E-state index in [1.54, 1.807) is 16.2 Å². The van der Waals surface area contributed by atoms with E-state index in [-0.39, 0.29) is 11.1 Å². The molecule has 0 fully saturated rings. The molecule has 0 N–H and O–H groups in total. The summed E-state index contributed by atoms with van der Waals surface area (Å²) in [5.74, 6) is 1.21. The lowest BCUT2D eigenvalue weighted by molar-refractivity contribution is 0.415. The zero-order valence-corrected chi connectivity index (χ0v) is 17.6. The van der Waals surface area contributed by atoms with Gasteiger partial charge in [0, 0.05) is 18.4 Å². The molecule has 0 aliphatic heterocycles. The van der Waals surface area contributed by atoms with Crippen molar-refractivity contribution in [1.29, 1.82) is 0 Å². The molecule has 0 atom stereocenters. The van der Waals surface area contributed by atoms with Crippen molar-refractivity contribution in [1.82, 2.24) is 19.1 Å². The van der Waals surface area contributed by atoms with Crippen molar-refractivity contribution in [3.05, 3.63) is 102 Å². The number of hydrogen-bond donors (Lipinski definition) is 0. The molecule has 0 saturated heterocycles. The van der Waals surface area contributed by atoms with Gasteiger partial charge in [0.25, 0.3) is 5.56 Å². The Morgan fingerprint density at radius 1 is 0.875 bits per heavy atom. The molecule has 1 radical (unpaired) electrons. The van der Waals surface area contributed by atoms with E-state index in [0.29, 0.717) is 17.3 Å². The molecule has 32 heavy (non-hydrogen) atoms. The van der Waals surface area contributed by atoms with Crippen molar-refractivity contribution in [2.24, 2.45) is 0 Å². The first-order valence-corrected chi connectivity index (χ1v) is 10.1. The molecule has 2 heterocycles. The van der Waals surface area contributed by atoms with Crippen LogP contribution in [0.15, 0.2) is 89.7 Å². The maximum atomic E-state index is 13.6.